The molecule has 2 heterocycles. The lowest BCUT2D eigenvalue weighted by atomic mass is 9.87. The summed E-state index contributed by atoms with van der Waals surface area (Å²) in [7, 11) is 0. The molecule has 0 bridgehead atoms. The molecule has 2 saturated heterocycles. The molecule has 2 N–H and O–H groups in total. The molecule has 1 aliphatic carbocycles. The van der Waals surface area contributed by atoms with Crippen LogP contribution in [-0.4, -0.2) is 48.9 Å². The van der Waals surface area contributed by atoms with Gasteiger partial charge in [-0.3, -0.25) is 9.59 Å². The Kier molecular flexibility index (Phi) is 6.14. The Morgan fingerprint density at radius 2 is 1.67 bits per heavy atom. The fourth-order valence-corrected chi connectivity index (χ4v) is 4.73. The summed E-state index contributed by atoms with van der Waals surface area (Å²) in [5.74, 6) is 2.11. The predicted molar refractivity (Wildman–Crippen MR) is 94.5 cm³/mol. The third kappa shape index (κ3) is 4.50. The van der Waals surface area contributed by atoms with Crippen LogP contribution in [0.4, 0.5) is 0 Å². The van der Waals surface area contributed by atoms with Crippen LogP contribution in [0, 0.1) is 17.8 Å². The van der Waals surface area contributed by atoms with Gasteiger partial charge < -0.3 is 15.5 Å². The molecule has 0 aromatic carbocycles. The van der Waals surface area contributed by atoms with Crippen molar-refractivity contribution in [3.63, 3.8) is 0 Å². The summed E-state index contributed by atoms with van der Waals surface area (Å²) in [6.07, 6.45) is 8.90. The zero-order valence-electron chi connectivity index (χ0n) is 15.1. The first-order valence-corrected chi connectivity index (χ1v) is 9.92. The maximum absolute atomic E-state index is 12.7. The van der Waals surface area contributed by atoms with Crippen LogP contribution >= 0.6 is 0 Å². The maximum Gasteiger partial charge on any atom is 0.244 e. The minimum Gasteiger partial charge on any atom is -0.345 e. The van der Waals surface area contributed by atoms with Crippen LogP contribution in [0.5, 0.6) is 0 Å². The van der Waals surface area contributed by atoms with E-state index < -0.39 is 6.04 Å². The van der Waals surface area contributed by atoms with Crippen molar-refractivity contribution in [1.29, 1.82) is 0 Å². The van der Waals surface area contributed by atoms with Crippen LogP contribution in [0.2, 0.25) is 0 Å². The Morgan fingerprint density at radius 1 is 1.04 bits per heavy atom. The van der Waals surface area contributed by atoms with E-state index in [1.54, 1.807) is 0 Å². The summed E-state index contributed by atoms with van der Waals surface area (Å²) in [6.45, 7) is 5.71. The van der Waals surface area contributed by atoms with Gasteiger partial charge in [0.1, 0.15) is 6.04 Å². The zero-order valence-corrected chi connectivity index (χ0v) is 15.1. The molecule has 3 atom stereocenters. The first kappa shape index (κ1) is 17.7. The number of carbonyl (C=O) groups is 2. The Balaban J connectivity index is 1.44. The van der Waals surface area contributed by atoms with Gasteiger partial charge in [-0.15, -0.1) is 0 Å². The molecule has 0 radical (unpaired) electrons. The van der Waals surface area contributed by atoms with E-state index in [0.29, 0.717) is 12.3 Å². The van der Waals surface area contributed by atoms with Crippen molar-refractivity contribution < 1.29 is 9.59 Å². The quantitative estimate of drug-likeness (QED) is 0.825. The highest BCUT2D eigenvalue weighted by molar-refractivity contribution is 5.87. The molecule has 0 spiro atoms. The van der Waals surface area contributed by atoms with E-state index in [-0.39, 0.29) is 11.8 Å². The van der Waals surface area contributed by atoms with E-state index in [2.05, 4.69) is 10.6 Å². The summed E-state index contributed by atoms with van der Waals surface area (Å²) < 4.78 is 0. The van der Waals surface area contributed by atoms with Gasteiger partial charge in [0.25, 0.3) is 0 Å². The standard InChI is InChI=1S/C19H33N3O2/c1-14(21-18(23)11-15-5-3-2-4-6-15)19(24)22-9-7-16-12-20-13-17(16)8-10-22/h14-17,20H,2-13H2,1H3,(H,21,23)/t14?,16-,17+. The van der Waals surface area contributed by atoms with Crippen molar-refractivity contribution in [3.8, 4) is 0 Å². The molecule has 24 heavy (non-hydrogen) atoms. The average Bonchev–Trinajstić information content (AvgIpc) is 2.93. The average molecular weight is 335 g/mol. The summed E-state index contributed by atoms with van der Waals surface area (Å²) in [4.78, 5) is 26.9. The highest BCUT2D eigenvalue weighted by Gasteiger charge is 2.32. The normalized spacial score (nSPS) is 29.6. The zero-order chi connectivity index (χ0) is 16.9. The summed E-state index contributed by atoms with van der Waals surface area (Å²) in [5, 5.41) is 6.42. The summed E-state index contributed by atoms with van der Waals surface area (Å²) >= 11 is 0. The third-order valence-corrected chi connectivity index (χ3v) is 6.28. The van der Waals surface area contributed by atoms with E-state index in [4.69, 9.17) is 0 Å². The molecular formula is C19H33N3O2. The fraction of sp³-hybridized carbons (Fsp3) is 0.895. The number of hydrogen-bond donors (Lipinski definition) is 2. The molecule has 2 amide bonds. The number of nitrogens with one attached hydrogen (secondary N) is 2. The SMILES string of the molecule is CC(NC(=O)CC1CCCCC1)C(=O)N1CC[C@@H]2CNC[C@@H]2CC1. The monoisotopic (exact) mass is 335 g/mol. The second-order valence-corrected chi connectivity index (χ2v) is 8.08. The molecule has 1 saturated carbocycles. The Hall–Kier alpha value is -1.10. The van der Waals surface area contributed by atoms with Gasteiger partial charge in [-0.05, 0) is 63.5 Å². The minimum absolute atomic E-state index is 0.0543. The molecule has 1 unspecified atom stereocenters. The van der Waals surface area contributed by atoms with E-state index in [0.717, 1.165) is 50.9 Å². The lowest BCUT2D eigenvalue weighted by Crippen LogP contribution is -2.47. The van der Waals surface area contributed by atoms with Crippen LogP contribution in [0.1, 0.15) is 58.3 Å². The van der Waals surface area contributed by atoms with Crippen molar-refractivity contribution in [3.05, 3.63) is 0 Å². The first-order chi connectivity index (χ1) is 11.6. The number of hydrogen-bond acceptors (Lipinski definition) is 3. The number of fused-ring (bicyclic) bond motifs is 1. The van der Waals surface area contributed by atoms with Gasteiger partial charge in [-0.25, -0.2) is 0 Å². The van der Waals surface area contributed by atoms with Crippen LogP contribution < -0.4 is 10.6 Å². The van der Waals surface area contributed by atoms with E-state index in [9.17, 15) is 9.59 Å². The Labute approximate surface area is 145 Å². The second kappa shape index (κ2) is 8.32. The number of likely N-dealkylation sites (tertiary alicyclic amines) is 1. The molecule has 136 valence electrons. The van der Waals surface area contributed by atoms with Crippen LogP contribution in [0.3, 0.4) is 0 Å². The van der Waals surface area contributed by atoms with Crippen molar-refractivity contribution in [2.24, 2.45) is 17.8 Å². The van der Waals surface area contributed by atoms with Gasteiger partial charge in [-0.2, -0.15) is 0 Å². The predicted octanol–water partition coefficient (Wildman–Crippen LogP) is 1.92. The third-order valence-electron chi connectivity index (χ3n) is 6.28. The van der Waals surface area contributed by atoms with Gasteiger partial charge in [0.2, 0.25) is 11.8 Å². The first-order valence-electron chi connectivity index (χ1n) is 9.92. The smallest absolute Gasteiger partial charge is 0.244 e. The minimum atomic E-state index is -0.392. The van der Waals surface area contributed by atoms with Crippen molar-refractivity contribution in [2.75, 3.05) is 26.2 Å². The van der Waals surface area contributed by atoms with Gasteiger partial charge in [0.15, 0.2) is 0 Å². The summed E-state index contributed by atoms with van der Waals surface area (Å²) in [5.41, 5.74) is 0. The maximum atomic E-state index is 12.7. The number of amides is 2. The number of rotatable bonds is 4. The molecule has 5 nitrogen and oxygen atoms in total. The molecule has 0 aromatic heterocycles. The van der Waals surface area contributed by atoms with Gasteiger partial charge in [-0.1, -0.05) is 19.3 Å². The molecule has 3 fully saturated rings. The van der Waals surface area contributed by atoms with Gasteiger partial charge >= 0.3 is 0 Å². The number of nitrogens with zero attached hydrogens (tertiary/aromatic N) is 1. The van der Waals surface area contributed by atoms with Crippen LogP contribution in [-0.2, 0) is 9.59 Å². The lowest BCUT2D eigenvalue weighted by molar-refractivity contribution is -0.136. The molecule has 2 aliphatic heterocycles. The topological polar surface area (TPSA) is 61.4 Å². The molecular weight excluding hydrogens is 302 g/mol. The van der Waals surface area contributed by atoms with Crippen molar-refractivity contribution in [1.82, 2.24) is 15.5 Å². The Bertz CT molecular complexity index is 434. The highest BCUT2D eigenvalue weighted by atomic mass is 16.2. The highest BCUT2D eigenvalue weighted by Crippen LogP contribution is 2.28. The molecule has 3 rings (SSSR count). The second-order valence-electron chi connectivity index (χ2n) is 8.08. The number of carbonyl (C=O) groups excluding carboxylic acids is 2. The Morgan fingerprint density at radius 3 is 2.29 bits per heavy atom. The summed E-state index contributed by atoms with van der Waals surface area (Å²) in [6, 6.07) is -0.392. The van der Waals surface area contributed by atoms with Crippen molar-refractivity contribution >= 4 is 11.8 Å². The molecule has 5 heteroatoms. The van der Waals surface area contributed by atoms with Gasteiger partial charge in [0, 0.05) is 19.5 Å². The molecule has 0 aromatic rings. The van der Waals surface area contributed by atoms with E-state index >= 15 is 0 Å². The molecule has 3 aliphatic rings. The fourth-order valence-electron chi connectivity index (χ4n) is 4.73. The largest absolute Gasteiger partial charge is 0.345 e. The van der Waals surface area contributed by atoms with Crippen LogP contribution in [0.15, 0.2) is 0 Å². The van der Waals surface area contributed by atoms with Crippen LogP contribution in [0.25, 0.3) is 0 Å². The van der Waals surface area contributed by atoms with E-state index in [1.165, 1.54) is 32.1 Å². The van der Waals surface area contributed by atoms with Crippen molar-refractivity contribution in [2.45, 2.75) is 64.3 Å². The van der Waals surface area contributed by atoms with E-state index in [1.807, 2.05) is 11.8 Å². The lowest BCUT2D eigenvalue weighted by Gasteiger charge is -2.26. The van der Waals surface area contributed by atoms with Gasteiger partial charge in [0.05, 0.1) is 0 Å².